The van der Waals surface area contributed by atoms with Crippen molar-refractivity contribution in [3.63, 3.8) is 0 Å². The Morgan fingerprint density at radius 3 is 2.60 bits per heavy atom. The highest BCUT2D eigenvalue weighted by atomic mass is 79.9. The number of benzene rings is 2. The van der Waals surface area contributed by atoms with E-state index >= 15 is 0 Å². The predicted molar refractivity (Wildman–Crippen MR) is 80.5 cm³/mol. The molecule has 0 heterocycles. The topological polar surface area (TPSA) is 21.3 Å². The molecule has 2 aromatic carbocycles. The van der Waals surface area contributed by atoms with Crippen LogP contribution in [0.2, 0.25) is 0 Å². The van der Waals surface area contributed by atoms with Crippen molar-refractivity contribution in [1.29, 1.82) is 0 Å². The highest BCUT2D eigenvalue weighted by Crippen LogP contribution is 2.28. The molecule has 0 aliphatic heterocycles. The van der Waals surface area contributed by atoms with E-state index in [-0.39, 0.29) is 5.82 Å². The fraction of sp³-hybridized carbons (Fsp3) is 0.250. The van der Waals surface area contributed by atoms with Crippen molar-refractivity contribution in [3.05, 3.63) is 58.3 Å². The van der Waals surface area contributed by atoms with Crippen molar-refractivity contribution >= 4 is 15.9 Å². The zero-order chi connectivity index (χ0) is 13.9. The van der Waals surface area contributed by atoms with Gasteiger partial charge in [-0.3, -0.25) is 0 Å². The Kier molecular flexibility index (Phi) is 4.03. The SMILES string of the molecule is Fc1ccc(Oc2ccc(Br)cc2)c(CNC2CC2)c1. The zero-order valence-electron chi connectivity index (χ0n) is 10.9. The van der Waals surface area contributed by atoms with Crippen LogP contribution in [0.25, 0.3) is 0 Å². The summed E-state index contributed by atoms with van der Waals surface area (Å²) in [5.74, 6) is 1.20. The van der Waals surface area contributed by atoms with Gasteiger partial charge in [0, 0.05) is 22.6 Å². The molecule has 1 aliphatic carbocycles. The van der Waals surface area contributed by atoms with Crippen molar-refractivity contribution in [2.75, 3.05) is 0 Å². The summed E-state index contributed by atoms with van der Waals surface area (Å²) in [4.78, 5) is 0. The second-order valence-electron chi connectivity index (χ2n) is 4.96. The van der Waals surface area contributed by atoms with Gasteiger partial charge in [0.15, 0.2) is 0 Å². The van der Waals surface area contributed by atoms with E-state index in [9.17, 15) is 4.39 Å². The van der Waals surface area contributed by atoms with Crippen LogP contribution in [0, 0.1) is 5.82 Å². The molecule has 1 saturated carbocycles. The quantitative estimate of drug-likeness (QED) is 0.859. The highest BCUT2D eigenvalue weighted by molar-refractivity contribution is 9.10. The summed E-state index contributed by atoms with van der Waals surface area (Å²) in [7, 11) is 0. The maximum Gasteiger partial charge on any atom is 0.132 e. The summed E-state index contributed by atoms with van der Waals surface area (Å²) in [6.45, 7) is 0.633. The van der Waals surface area contributed by atoms with Crippen molar-refractivity contribution < 1.29 is 9.13 Å². The van der Waals surface area contributed by atoms with E-state index in [0.29, 0.717) is 18.3 Å². The molecule has 0 atom stereocenters. The van der Waals surface area contributed by atoms with Gasteiger partial charge in [0.1, 0.15) is 17.3 Å². The third kappa shape index (κ3) is 3.58. The molecule has 104 valence electrons. The summed E-state index contributed by atoms with van der Waals surface area (Å²) in [6, 6.07) is 12.8. The molecule has 3 rings (SSSR count). The van der Waals surface area contributed by atoms with Crippen molar-refractivity contribution in [3.8, 4) is 11.5 Å². The van der Waals surface area contributed by atoms with E-state index < -0.39 is 0 Å². The fourth-order valence-corrected chi connectivity index (χ4v) is 2.22. The first kappa shape index (κ1) is 13.6. The summed E-state index contributed by atoms with van der Waals surface area (Å²) < 4.78 is 20.2. The maximum atomic E-state index is 13.4. The number of hydrogen-bond donors (Lipinski definition) is 1. The van der Waals surface area contributed by atoms with Gasteiger partial charge >= 0.3 is 0 Å². The zero-order valence-corrected chi connectivity index (χ0v) is 12.5. The van der Waals surface area contributed by atoms with Gasteiger partial charge in [0.2, 0.25) is 0 Å². The van der Waals surface area contributed by atoms with Crippen molar-refractivity contribution in [2.45, 2.75) is 25.4 Å². The average Bonchev–Trinajstić information content (AvgIpc) is 3.25. The van der Waals surface area contributed by atoms with Gasteiger partial charge in [-0.15, -0.1) is 0 Å². The summed E-state index contributed by atoms with van der Waals surface area (Å²) in [5, 5.41) is 3.38. The molecule has 0 saturated heterocycles. The minimum atomic E-state index is -0.235. The monoisotopic (exact) mass is 335 g/mol. The van der Waals surface area contributed by atoms with Crippen LogP contribution in [-0.4, -0.2) is 6.04 Å². The first-order valence-electron chi connectivity index (χ1n) is 6.66. The molecule has 2 aromatic rings. The predicted octanol–water partition coefficient (Wildman–Crippen LogP) is 4.63. The minimum absolute atomic E-state index is 0.235. The summed E-state index contributed by atoms with van der Waals surface area (Å²) in [6.07, 6.45) is 2.41. The number of halogens is 2. The lowest BCUT2D eigenvalue weighted by Gasteiger charge is -2.12. The second kappa shape index (κ2) is 5.94. The fourth-order valence-electron chi connectivity index (χ4n) is 1.96. The Bertz CT molecular complexity index is 596. The molecule has 1 N–H and O–H groups in total. The Morgan fingerprint density at radius 1 is 1.15 bits per heavy atom. The lowest BCUT2D eigenvalue weighted by atomic mass is 10.2. The van der Waals surface area contributed by atoms with Gasteiger partial charge in [0.25, 0.3) is 0 Å². The van der Waals surface area contributed by atoms with Crippen LogP contribution in [0.1, 0.15) is 18.4 Å². The van der Waals surface area contributed by atoms with E-state index in [1.807, 2.05) is 24.3 Å². The lowest BCUT2D eigenvalue weighted by Crippen LogP contribution is -2.15. The van der Waals surface area contributed by atoms with E-state index in [1.165, 1.54) is 25.0 Å². The third-order valence-electron chi connectivity index (χ3n) is 3.22. The van der Waals surface area contributed by atoms with Gasteiger partial charge in [-0.05, 0) is 55.3 Å². The average molecular weight is 336 g/mol. The van der Waals surface area contributed by atoms with Crippen LogP contribution in [0.15, 0.2) is 46.9 Å². The molecule has 0 unspecified atom stereocenters. The Morgan fingerprint density at radius 2 is 1.90 bits per heavy atom. The molecule has 0 radical (unpaired) electrons. The van der Waals surface area contributed by atoms with E-state index in [1.54, 1.807) is 6.07 Å². The number of rotatable bonds is 5. The van der Waals surface area contributed by atoms with Gasteiger partial charge in [-0.2, -0.15) is 0 Å². The largest absolute Gasteiger partial charge is 0.457 e. The van der Waals surface area contributed by atoms with Crippen LogP contribution in [-0.2, 0) is 6.54 Å². The van der Waals surface area contributed by atoms with Crippen molar-refractivity contribution in [1.82, 2.24) is 5.32 Å². The van der Waals surface area contributed by atoms with Crippen LogP contribution in [0.3, 0.4) is 0 Å². The Hall–Kier alpha value is -1.39. The van der Waals surface area contributed by atoms with E-state index in [4.69, 9.17) is 4.74 Å². The molecule has 2 nitrogen and oxygen atoms in total. The molecule has 4 heteroatoms. The smallest absolute Gasteiger partial charge is 0.132 e. The molecule has 0 amide bonds. The molecule has 1 fully saturated rings. The maximum absolute atomic E-state index is 13.4. The van der Waals surface area contributed by atoms with Crippen LogP contribution >= 0.6 is 15.9 Å². The van der Waals surface area contributed by atoms with Gasteiger partial charge in [0.05, 0.1) is 0 Å². The molecule has 0 spiro atoms. The normalized spacial score (nSPS) is 14.3. The number of hydrogen-bond acceptors (Lipinski definition) is 2. The van der Waals surface area contributed by atoms with Crippen LogP contribution in [0.5, 0.6) is 11.5 Å². The lowest BCUT2D eigenvalue weighted by molar-refractivity contribution is 0.469. The van der Waals surface area contributed by atoms with Gasteiger partial charge in [-0.25, -0.2) is 4.39 Å². The van der Waals surface area contributed by atoms with Gasteiger partial charge in [-0.1, -0.05) is 15.9 Å². The van der Waals surface area contributed by atoms with E-state index in [2.05, 4.69) is 21.2 Å². The van der Waals surface area contributed by atoms with Crippen molar-refractivity contribution in [2.24, 2.45) is 0 Å². The molecule has 1 aliphatic rings. The van der Waals surface area contributed by atoms with Gasteiger partial charge < -0.3 is 10.1 Å². The molecule has 0 bridgehead atoms. The minimum Gasteiger partial charge on any atom is -0.457 e. The van der Waals surface area contributed by atoms with Crippen LogP contribution in [0.4, 0.5) is 4.39 Å². The molecular weight excluding hydrogens is 321 g/mol. The molecule has 20 heavy (non-hydrogen) atoms. The first-order chi connectivity index (χ1) is 9.70. The van der Waals surface area contributed by atoms with E-state index in [0.717, 1.165) is 15.8 Å². The molecule has 0 aromatic heterocycles. The Balaban J connectivity index is 1.77. The highest BCUT2D eigenvalue weighted by Gasteiger charge is 2.20. The Labute approximate surface area is 126 Å². The van der Waals surface area contributed by atoms with Crippen LogP contribution < -0.4 is 10.1 Å². The standard InChI is InChI=1S/C16H15BrFNO/c17-12-1-6-15(7-2-12)20-16-8-3-13(18)9-11(16)10-19-14-4-5-14/h1-3,6-9,14,19H,4-5,10H2. The molecular formula is C16H15BrFNO. The summed E-state index contributed by atoms with van der Waals surface area (Å²) >= 11 is 3.39. The second-order valence-corrected chi connectivity index (χ2v) is 5.88. The summed E-state index contributed by atoms with van der Waals surface area (Å²) in [5.41, 5.74) is 0.847. The number of nitrogens with one attached hydrogen (secondary N) is 1. The third-order valence-corrected chi connectivity index (χ3v) is 3.75. The first-order valence-corrected chi connectivity index (χ1v) is 7.45. The number of ether oxygens (including phenoxy) is 1.